The van der Waals surface area contributed by atoms with Crippen molar-refractivity contribution >= 4 is 5.91 Å². The molecule has 3 rings (SSSR count). The van der Waals surface area contributed by atoms with Crippen LogP contribution in [-0.4, -0.2) is 47.9 Å². The zero-order valence-electron chi connectivity index (χ0n) is 21.8. The highest BCUT2D eigenvalue weighted by molar-refractivity contribution is 5.88. The van der Waals surface area contributed by atoms with Gasteiger partial charge in [0.25, 0.3) is 0 Å². The molecule has 1 amide bonds. The Kier molecular flexibility index (Phi) is 9.37. The predicted octanol–water partition coefficient (Wildman–Crippen LogP) is 6.99. The molecule has 182 valence electrons. The van der Waals surface area contributed by atoms with E-state index in [2.05, 4.69) is 56.9 Å². The Bertz CT molecular complexity index is 825. The summed E-state index contributed by atoms with van der Waals surface area (Å²) in [5.41, 5.74) is 5.54. The number of nitrogens with zero attached hydrogens (tertiary/aromatic N) is 2. The summed E-state index contributed by atoms with van der Waals surface area (Å²) in [6.45, 7) is 15.4. The number of carbonyl (C=O) groups is 1. The molecule has 0 unspecified atom stereocenters. The van der Waals surface area contributed by atoms with Gasteiger partial charge in [0.15, 0.2) is 0 Å². The Balaban J connectivity index is 1.49. The SMILES string of the molecule is CC1=C(/C=C/C(C)=C/C=C/C(C)=C/C(=O)N2CCC(N3CCCCC3)CC2)C(C)(C)CCC1. The van der Waals surface area contributed by atoms with Gasteiger partial charge in [0.05, 0.1) is 0 Å². The van der Waals surface area contributed by atoms with E-state index in [0.29, 0.717) is 6.04 Å². The molecule has 0 radical (unpaired) electrons. The van der Waals surface area contributed by atoms with Crippen LogP contribution in [-0.2, 0) is 4.79 Å². The van der Waals surface area contributed by atoms with Crippen molar-refractivity contribution in [3.05, 3.63) is 58.7 Å². The maximum Gasteiger partial charge on any atom is 0.246 e. The Morgan fingerprint density at radius 2 is 1.64 bits per heavy atom. The van der Waals surface area contributed by atoms with Crippen molar-refractivity contribution in [3.8, 4) is 0 Å². The van der Waals surface area contributed by atoms with Crippen LogP contribution in [0.5, 0.6) is 0 Å². The van der Waals surface area contributed by atoms with Crippen LogP contribution in [0.2, 0.25) is 0 Å². The fourth-order valence-electron chi connectivity index (χ4n) is 5.70. The summed E-state index contributed by atoms with van der Waals surface area (Å²) in [6.07, 6.45) is 22.7. The number of piperidine rings is 2. The maximum absolute atomic E-state index is 12.7. The van der Waals surface area contributed by atoms with Gasteiger partial charge in [0.1, 0.15) is 0 Å². The largest absolute Gasteiger partial charge is 0.339 e. The van der Waals surface area contributed by atoms with Gasteiger partial charge in [-0.05, 0) is 95.4 Å². The lowest BCUT2D eigenvalue weighted by atomic mass is 9.72. The van der Waals surface area contributed by atoms with Gasteiger partial charge < -0.3 is 9.80 Å². The smallest absolute Gasteiger partial charge is 0.246 e. The second-order valence-corrected chi connectivity index (χ2v) is 11.1. The van der Waals surface area contributed by atoms with E-state index in [4.69, 9.17) is 0 Å². The lowest BCUT2D eigenvalue weighted by Gasteiger charge is -2.40. The van der Waals surface area contributed by atoms with E-state index in [-0.39, 0.29) is 11.3 Å². The molecule has 0 aromatic carbocycles. The fraction of sp³-hybridized carbons (Fsp3) is 0.633. The Labute approximate surface area is 203 Å². The van der Waals surface area contributed by atoms with Crippen LogP contribution >= 0.6 is 0 Å². The maximum atomic E-state index is 12.7. The number of allylic oxidation sites excluding steroid dienone is 9. The molecular formula is C30H46N2O. The summed E-state index contributed by atoms with van der Waals surface area (Å²) in [6, 6.07) is 0.680. The monoisotopic (exact) mass is 450 g/mol. The molecule has 0 aromatic rings. The summed E-state index contributed by atoms with van der Waals surface area (Å²) >= 11 is 0. The molecule has 3 nitrogen and oxygen atoms in total. The summed E-state index contributed by atoms with van der Waals surface area (Å²) < 4.78 is 0. The van der Waals surface area contributed by atoms with Crippen LogP contribution < -0.4 is 0 Å². The van der Waals surface area contributed by atoms with Crippen LogP contribution in [0.15, 0.2) is 58.7 Å². The summed E-state index contributed by atoms with van der Waals surface area (Å²) in [5.74, 6) is 0.164. The van der Waals surface area contributed by atoms with Crippen molar-refractivity contribution in [2.24, 2.45) is 5.41 Å². The minimum Gasteiger partial charge on any atom is -0.339 e. The zero-order chi connectivity index (χ0) is 23.8. The third-order valence-electron chi connectivity index (χ3n) is 7.81. The Morgan fingerprint density at radius 3 is 2.30 bits per heavy atom. The van der Waals surface area contributed by atoms with Crippen LogP contribution in [0.25, 0.3) is 0 Å². The number of likely N-dealkylation sites (tertiary alicyclic amines) is 2. The third-order valence-corrected chi connectivity index (χ3v) is 7.81. The van der Waals surface area contributed by atoms with Crippen molar-refractivity contribution in [1.29, 1.82) is 0 Å². The van der Waals surface area contributed by atoms with Crippen LogP contribution in [0.3, 0.4) is 0 Å². The average Bonchev–Trinajstić information content (AvgIpc) is 2.79. The van der Waals surface area contributed by atoms with Crippen molar-refractivity contribution in [2.45, 2.75) is 92.0 Å². The average molecular weight is 451 g/mol. The normalized spacial score (nSPS) is 24.3. The van der Waals surface area contributed by atoms with E-state index in [1.165, 1.54) is 68.3 Å². The van der Waals surface area contributed by atoms with Crippen LogP contribution in [0.1, 0.15) is 86.0 Å². The molecule has 3 aliphatic rings. The third kappa shape index (κ3) is 7.57. The molecule has 0 aromatic heterocycles. The highest BCUT2D eigenvalue weighted by atomic mass is 16.2. The van der Waals surface area contributed by atoms with Crippen molar-refractivity contribution in [3.63, 3.8) is 0 Å². The van der Waals surface area contributed by atoms with Crippen LogP contribution in [0, 0.1) is 5.41 Å². The molecule has 33 heavy (non-hydrogen) atoms. The van der Waals surface area contributed by atoms with Gasteiger partial charge in [0, 0.05) is 25.2 Å². The molecule has 1 aliphatic carbocycles. The van der Waals surface area contributed by atoms with E-state index in [9.17, 15) is 4.79 Å². The first-order valence-corrected chi connectivity index (χ1v) is 13.2. The van der Waals surface area contributed by atoms with Crippen molar-refractivity contribution < 1.29 is 4.79 Å². The summed E-state index contributed by atoms with van der Waals surface area (Å²) in [5, 5.41) is 0. The number of hydrogen-bond acceptors (Lipinski definition) is 2. The van der Waals surface area contributed by atoms with Gasteiger partial charge in [-0.25, -0.2) is 0 Å². The summed E-state index contributed by atoms with van der Waals surface area (Å²) in [4.78, 5) is 17.4. The molecule has 0 saturated carbocycles. The minimum atomic E-state index is 0.164. The Hall–Kier alpha value is -1.87. The molecule has 2 heterocycles. The predicted molar refractivity (Wildman–Crippen MR) is 141 cm³/mol. The first-order valence-electron chi connectivity index (χ1n) is 13.2. The van der Waals surface area contributed by atoms with E-state index in [1.54, 1.807) is 6.08 Å². The molecular weight excluding hydrogens is 404 g/mol. The van der Waals surface area contributed by atoms with Crippen LogP contribution in [0.4, 0.5) is 0 Å². The van der Waals surface area contributed by atoms with E-state index in [0.717, 1.165) is 31.5 Å². The second kappa shape index (κ2) is 12.0. The fourth-order valence-corrected chi connectivity index (χ4v) is 5.70. The van der Waals surface area contributed by atoms with E-state index < -0.39 is 0 Å². The van der Waals surface area contributed by atoms with E-state index >= 15 is 0 Å². The number of hydrogen-bond donors (Lipinski definition) is 0. The number of rotatable bonds is 6. The molecule has 2 fully saturated rings. The van der Waals surface area contributed by atoms with Gasteiger partial charge in [-0.15, -0.1) is 0 Å². The Morgan fingerprint density at radius 1 is 0.939 bits per heavy atom. The van der Waals surface area contributed by atoms with Gasteiger partial charge in [-0.2, -0.15) is 0 Å². The lowest BCUT2D eigenvalue weighted by Crippen LogP contribution is -2.47. The molecule has 3 heteroatoms. The first-order chi connectivity index (χ1) is 15.8. The summed E-state index contributed by atoms with van der Waals surface area (Å²) in [7, 11) is 0. The molecule has 0 N–H and O–H groups in total. The molecule has 0 spiro atoms. The number of amides is 1. The van der Waals surface area contributed by atoms with Gasteiger partial charge >= 0.3 is 0 Å². The number of carbonyl (C=O) groups excluding carboxylic acids is 1. The van der Waals surface area contributed by atoms with Crippen molar-refractivity contribution in [1.82, 2.24) is 9.80 Å². The highest BCUT2D eigenvalue weighted by Gasteiger charge is 2.27. The quantitative estimate of drug-likeness (QED) is 0.321. The van der Waals surface area contributed by atoms with Gasteiger partial charge in [-0.3, -0.25) is 4.79 Å². The molecule has 0 atom stereocenters. The second-order valence-electron chi connectivity index (χ2n) is 11.1. The lowest BCUT2D eigenvalue weighted by molar-refractivity contribution is -0.127. The van der Waals surface area contributed by atoms with Crippen molar-refractivity contribution in [2.75, 3.05) is 26.2 Å². The van der Waals surface area contributed by atoms with E-state index in [1.807, 2.05) is 17.9 Å². The molecule has 2 aliphatic heterocycles. The molecule has 0 bridgehead atoms. The highest BCUT2D eigenvalue weighted by Crippen LogP contribution is 2.40. The molecule has 2 saturated heterocycles. The van der Waals surface area contributed by atoms with Gasteiger partial charge in [-0.1, -0.05) is 61.8 Å². The standard InChI is InChI=1S/C30H46N2O/c1-24(14-15-28-26(3)13-10-18-30(28,4)5)11-9-12-25(2)23-29(33)32-21-16-27(17-22-32)31-19-7-6-8-20-31/h9,11-12,14-15,23,27H,6-8,10,13,16-22H2,1-5H3/b12-9+,15-14+,24-11+,25-23+. The van der Waals surface area contributed by atoms with Gasteiger partial charge in [0.2, 0.25) is 5.91 Å². The zero-order valence-corrected chi connectivity index (χ0v) is 21.8. The topological polar surface area (TPSA) is 23.6 Å². The first kappa shape index (κ1) is 25.7. The minimum absolute atomic E-state index is 0.164.